The van der Waals surface area contributed by atoms with E-state index in [-0.39, 0.29) is 5.91 Å². The zero-order valence-corrected chi connectivity index (χ0v) is 20.5. The average molecular weight is 476 g/mol. The third kappa shape index (κ3) is 6.80. The summed E-state index contributed by atoms with van der Waals surface area (Å²) in [7, 11) is 1.68. The number of carbonyl (C=O) groups excluding carboxylic acids is 2. The minimum absolute atomic E-state index is 0.118. The first-order valence-corrected chi connectivity index (χ1v) is 11.8. The van der Waals surface area contributed by atoms with Crippen LogP contribution in [0.25, 0.3) is 0 Å². The molecule has 4 N–H and O–H groups in total. The third-order valence-electron chi connectivity index (χ3n) is 6.02. The van der Waals surface area contributed by atoms with E-state index in [9.17, 15) is 9.59 Å². The fraction of sp³-hybridized carbons (Fsp3) is 0.385. The van der Waals surface area contributed by atoms with E-state index >= 15 is 0 Å². The van der Waals surface area contributed by atoms with Crippen molar-refractivity contribution < 1.29 is 9.59 Å². The van der Waals surface area contributed by atoms with Gasteiger partial charge in [0, 0.05) is 45.0 Å². The highest BCUT2D eigenvalue weighted by molar-refractivity contribution is 6.05. The lowest BCUT2D eigenvalue weighted by atomic mass is 9.89. The normalized spacial score (nSPS) is 14.9. The molecule has 3 rings (SSSR count). The molecule has 1 saturated heterocycles. The Bertz CT molecular complexity index is 1130. The van der Waals surface area contributed by atoms with Crippen molar-refractivity contribution in [2.45, 2.75) is 38.6 Å². The van der Waals surface area contributed by atoms with Gasteiger partial charge < -0.3 is 21.3 Å². The van der Waals surface area contributed by atoms with Crippen LogP contribution in [0.2, 0.25) is 0 Å². The summed E-state index contributed by atoms with van der Waals surface area (Å²) in [6.07, 6.45) is 6.42. The maximum Gasteiger partial charge on any atom is 0.272 e. The fourth-order valence-corrected chi connectivity index (χ4v) is 4.02. The highest BCUT2D eigenvalue weighted by Gasteiger charge is 2.27. The Balaban J connectivity index is 1.58. The molecule has 2 heterocycles. The lowest BCUT2D eigenvalue weighted by Crippen LogP contribution is -2.38. The van der Waals surface area contributed by atoms with Gasteiger partial charge in [0.2, 0.25) is 0 Å². The highest BCUT2D eigenvalue weighted by atomic mass is 16.2. The second-order valence-corrected chi connectivity index (χ2v) is 8.88. The molecular formula is C26H33N7O2. The van der Waals surface area contributed by atoms with Crippen molar-refractivity contribution in [3.8, 4) is 6.07 Å². The zero-order valence-electron chi connectivity index (χ0n) is 20.5. The lowest BCUT2D eigenvalue weighted by molar-refractivity contribution is -0.112. The Hall–Kier alpha value is -3.90. The SMILES string of the molecule is CC(C)NC/C=C\C(=C/N)C(=O)Nc1cc(C(=O)N2CCC(c3ccc(C#N)cc3)CC2)n(C)n1. The summed E-state index contributed by atoms with van der Waals surface area (Å²) >= 11 is 0. The Morgan fingerprint density at radius 3 is 2.54 bits per heavy atom. The highest BCUT2D eigenvalue weighted by Crippen LogP contribution is 2.29. The fourth-order valence-electron chi connectivity index (χ4n) is 4.02. The molecular weight excluding hydrogens is 442 g/mol. The number of likely N-dealkylation sites (tertiary alicyclic amines) is 1. The van der Waals surface area contributed by atoms with Crippen LogP contribution in [0, 0.1) is 11.3 Å². The summed E-state index contributed by atoms with van der Waals surface area (Å²) < 4.78 is 1.48. The first kappa shape index (κ1) is 25.7. The number of hydrogen-bond acceptors (Lipinski definition) is 6. The molecule has 2 amide bonds. The van der Waals surface area contributed by atoms with Crippen LogP contribution < -0.4 is 16.4 Å². The van der Waals surface area contributed by atoms with Crippen LogP contribution in [0.5, 0.6) is 0 Å². The van der Waals surface area contributed by atoms with Crippen molar-refractivity contribution in [2.75, 3.05) is 25.0 Å². The van der Waals surface area contributed by atoms with Gasteiger partial charge in [0.1, 0.15) is 5.69 Å². The summed E-state index contributed by atoms with van der Waals surface area (Å²) in [5, 5.41) is 19.2. The first-order chi connectivity index (χ1) is 16.8. The van der Waals surface area contributed by atoms with Crippen LogP contribution in [0.3, 0.4) is 0 Å². The minimum atomic E-state index is -0.395. The number of benzene rings is 1. The van der Waals surface area contributed by atoms with Crippen LogP contribution >= 0.6 is 0 Å². The molecule has 1 aliphatic rings. The Morgan fingerprint density at radius 2 is 1.94 bits per heavy atom. The zero-order chi connectivity index (χ0) is 25.4. The van der Waals surface area contributed by atoms with Gasteiger partial charge in [0.05, 0.1) is 17.2 Å². The second kappa shape index (κ2) is 12.0. The van der Waals surface area contributed by atoms with Crippen molar-refractivity contribution in [1.29, 1.82) is 5.26 Å². The molecule has 1 aromatic heterocycles. The van der Waals surface area contributed by atoms with E-state index in [1.165, 1.54) is 16.4 Å². The molecule has 9 nitrogen and oxygen atoms in total. The largest absolute Gasteiger partial charge is 0.404 e. The Kier molecular flexibility index (Phi) is 8.81. The van der Waals surface area contributed by atoms with E-state index in [1.54, 1.807) is 19.2 Å². The second-order valence-electron chi connectivity index (χ2n) is 8.88. The predicted octanol–water partition coefficient (Wildman–Crippen LogP) is 2.65. The van der Waals surface area contributed by atoms with Crippen molar-refractivity contribution in [3.63, 3.8) is 0 Å². The van der Waals surface area contributed by atoms with Crippen LogP contribution in [0.15, 0.2) is 54.3 Å². The molecule has 2 aromatic rings. The summed E-state index contributed by atoms with van der Waals surface area (Å²) in [5.41, 5.74) is 8.18. The molecule has 0 aliphatic carbocycles. The Morgan fingerprint density at radius 1 is 1.26 bits per heavy atom. The number of rotatable bonds is 8. The van der Waals surface area contributed by atoms with Crippen molar-refractivity contribution in [2.24, 2.45) is 12.8 Å². The third-order valence-corrected chi connectivity index (χ3v) is 6.02. The number of anilines is 1. The van der Waals surface area contributed by atoms with Crippen molar-refractivity contribution >= 4 is 17.6 Å². The summed E-state index contributed by atoms with van der Waals surface area (Å²) in [5.74, 6) is 0.140. The molecule has 184 valence electrons. The number of nitrogens with two attached hydrogens (primary N) is 1. The summed E-state index contributed by atoms with van der Waals surface area (Å²) in [6.45, 7) is 5.96. The molecule has 9 heteroatoms. The number of nitriles is 1. The first-order valence-electron chi connectivity index (χ1n) is 11.8. The summed E-state index contributed by atoms with van der Waals surface area (Å²) in [6, 6.07) is 11.7. The maximum absolute atomic E-state index is 13.1. The van der Waals surface area contributed by atoms with Gasteiger partial charge in [-0.25, -0.2) is 0 Å². The molecule has 1 aliphatic heterocycles. The molecule has 1 fully saturated rings. The number of amides is 2. The molecule has 0 unspecified atom stereocenters. The van der Waals surface area contributed by atoms with Crippen LogP contribution in [-0.4, -0.2) is 52.2 Å². The predicted molar refractivity (Wildman–Crippen MR) is 135 cm³/mol. The van der Waals surface area contributed by atoms with E-state index in [2.05, 4.69) is 21.8 Å². The molecule has 1 aromatic carbocycles. The standard InChI is InChI=1S/C26H33N7O2/c1-18(2)29-12-4-5-22(17-28)25(34)30-24-15-23(32(3)31-24)26(35)33-13-10-21(11-14-33)20-8-6-19(16-27)7-9-20/h4-9,15,17-18,21,29H,10-14,28H2,1-3H3,(H,30,31,34)/b5-4-,22-17+. The average Bonchev–Trinajstić information content (AvgIpc) is 3.23. The van der Waals surface area contributed by atoms with Gasteiger partial charge in [-0.2, -0.15) is 10.4 Å². The Labute approximate surface area is 206 Å². The number of hydrogen-bond donors (Lipinski definition) is 3. The van der Waals surface area contributed by atoms with Gasteiger partial charge in [0.15, 0.2) is 5.82 Å². The van der Waals surface area contributed by atoms with Crippen molar-refractivity contribution in [3.05, 3.63) is 71.1 Å². The van der Waals surface area contributed by atoms with Crippen LogP contribution in [0.1, 0.15) is 54.2 Å². The van der Waals surface area contributed by atoms with E-state index < -0.39 is 5.91 Å². The maximum atomic E-state index is 13.1. The minimum Gasteiger partial charge on any atom is -0.404 e. The number of aryl methyl sites for hydroxylation is 1. The molecule has 0 saturated carbocycles. The monoisotopic (exact) mass is 475 g/mol. The number of aromatic nitrogens is 2. The number of nitrogens with one attached hydrogen (secondary N) is 2. The van der Waals surface area contributed by atoms with Crippen LogP contribution in [-0.2, 0) is 11.8 Å². The number of nitrogens with zero attached hydrogens (tertiary/aromatic N) is 4. The molecule has 0 radical (unpaired) electrons. The number of piperidine rings is 1. The van der Waals surface area contributed by atoms with Gasteiger partial charge in [-0.3, -0.25) is 14.3 Å². The van der Waals surface area contributed by atoms with Gasteiger partial charge in [-0.15, -0.1) is 0 Å². The van der Waals surface area contributed by atoms with E-state index in [4.69, 9.17) is 11.0 Å². The van der Waals surface area contributed by atoms with Gasteiger partial charge in [-0.1, -0.05) is 38.1 Å². The van der Waals surface area contributed by atoms with E-state index in [0.717, 1.165) is 12.8 Å². The molecule has 0 atom stereocenters. The van der Waals surface area contributed by atoms with Crippen molar-refractivity contribution in [1.82, 2.24) is 20.0 Å². The van der Waals surface area contributed by atoms with Crippen LogP contribution in [0.4, 0.5) is 5.82 Å². The number of carbonyl (C=O) groups is 2. The van der Waals surface area contributed by atoms with E-state index in [0.29, 0.717) is 54.2 Å². The van der Waals surface area contributed by atoms with Gasteiger partial charge >= 0.3 is 0 Å². The molecule has 35 heavy (non-hydrogen) atoms. The topological polar surface area (TPSA) is 129 Å². The molecule has 0 bridgehead atoms. The lowest BCUT2D eigenvalue weighted by Gasteiger charge is -2.32. The van der Waals surface area contributed by atoms with Gasteiger partial charge in [0.25, 0.3) is 11.8 Å². The summed E-state index contributed by atoms with van der Waals surface area (Å²) in [4.78, 5) is 27.5. The smallest absolute Gasteiger partial charge is 0.272 e. The molecule has 0 spiro atoms. The van der Waals surface area contributed by atoms with Gasteiger partial charge in [-0.05, 0) is 36.5 Å². The quantitative estimate of drug-likeness (QED) is 0.398. The van der Waals surface area contributed by atoms with E-state index in [1.807, 2.05) is 49.1 Å².